The summed E-state index contributed by atoms with van der Waals surface area (Å²) in [5.74, 6) is 0.133. The van der Waals surface area contributed by atoms with Gasteiger partial charge in [-0.2, -0.15) is 5.10 Å². The van der Waals surface area contributed by atoms with Crippen molar-refractivity contribution in [3.8, 4) is 0 Å². The van der Waals surface area contributed by atoms with Crippen LogP contribution in [0.2, 0.25) is 0 Å². The summed E-state index contributed by atoms with van der Waals surface area (Å²) in [6.07, 6.45) is 2.64. The SMILES string of the molecule is CCCC(=O)Cn1ncc(=O)c2ccccc21. The Morgan fingerprint density at radius 2 is 2.12 bits per heavy atom. The lowest BCUT2D eigenvalue weighted by molar-refractivity contribution is -0.119. The number of nitrogens with zero attached hydrogens (tertiary/aromatic N) is 2. The Morgan fingerprint density at radius 3 is 2.88 bits per heavy atom. The highest BCUT2D eigenvalue weighted by molar-refractivity contribution is 5.82. The van der Waals surface area contributed by atoms with Gasteiger partial charge < -0.3 is 0 Å². The fourth-order valence-electron chi connectivity index (χ4n) is 1.81. The Bertz CT molecular complexity index is 602. The molecule has 1 heterocycles. The third-order valence-electron chi connectivity index (χ3n) is 2.62. The van der Waals surface area contributed by atoms with E-state index in [0.29, 0.717) is 17.3 Å². The van der Waals surface area contributed by atoms with Crippen molar-refractivity contribution in [1.29, 1.82) is 0 Å². The van der Waals surface area contributed by atoms with Crippen LogP contribution in [0.1, 0.15) is 19.8 Å². The number of para-hydroxylation sites is 1. The molecule has 17 heavy (non-hydrogen) atoms. The zero-order valence-electron chi connectivity index (χ0n) is 9.72. The van der Waals surface area contributed by atoms with Gasteiger partial charge in [-0.1, -0.05) is 19.1 Å². The number of carbonyl (C=O) groups is 1. The summed E-state index contributed by atoms with van der Waals surface area (Å²) in [5, 5.41) is 4.62. The molecule has 0 unspecified atom stereocenters. The normalized spacial score (nSPS) is 10.6. The first kappa shape index (κ1) is 11.5. The Kier molecular flexibility index (Phi) is 3.32. The van der Waals surface area contributed by atoms with Crippen LogP contribution in [0, 0.1) is 0 Å². The van der Waals surface area contributed by atoms with E-state index in [9.17, 15) is 9.59 Å². The number of benzene rings is 1. The minimum atomic E-state index is -0.111. The number of hydrogen-bond donors (Lipinski definition) is 0. The van der Waals surface area contributed by atoms with E-state index >= 15 is 0 Å². The highest BCUT2D eigenvalue weighted by Crippen LogP contribution is 2.08. The first-order valence-electron chi connectivity index (χ1n) is 5.69. The number of fused-ring (bicyclic) bond motifs is 1. The minimum Gasteiger partial charge on any atom is -0.298 e. The van der Waals surface area contributed by atoms with Gasteiger partial charge in [0.15, 0.2) is 5.78 Å². The summed E-state index contributed by atoms with van der Waals surface area (Å²) in [6.45, 7) is 2.20. The van der Waals surface area contributed by atoms with Crippen molar-refractivity contribution >= 4 is 16.7 Å². The summed E-state index contributed by atoms with van der Waals surface area (Å²) < 4.78 is 1.59. The minimum absolute atomic E-state index is 0.111. The average Bonchev–Trinajstić information content (AvgIpc) is 2.34. The summed E-state index contributed by atoms with van der Waals surface area (Å²) in [7, 11) is 0. The molecule has 0 aliphatic carbocycles. The molecule has 0 bridgehead atoms. The molecule has 0 N–H and O–H groups in total. The molecular formula is C13H14N2O2. The molecule has 0 aliphatic heterocycles. The predicted octanol–water partition coefficient (Wildman–Crippen LogP) is 1.77. The zero-order valence-corrected chi connectivity index (χ0v) is 9.72. The van der Waals surface area contributed by atoms with E-state index in [2.05, 4.69) is 5.10 Å². The maximum absolute atomic E-state index is 11.6. The number of rotatable bonds is 4. The lowest BCUT2D eigenvalue weighted by atomic mass is 10.2. The number of hydrogen-bond acceptors (Lipinski definition) is 3. The quantitative estimate of drug-likeness (QED) is 0.804. The van der Waals surface area contributed by atoms with Crippen LogP contribution in [-0.4, -0.2) is 15.6 Å². The van der Waals surface area contributed by atoms with Gasteiger partial charge in [0.05, 0.1) is 11.7 Å². The molecule has 4 heteroatoms. The Morgan fingerprint density at radius 1 is 1.35 bits per heavy atom. The maximum Gasteiger partial charge on any atom is 0.207 e. The third-order valence-corrected chi connectivity index (χ3v) is 2.62. The molecule has 0 aliphatic rings. The van der Waals surface area contributed by atoms with Gasteiger partial charge in [0, 0.05) is 11.8 Å². The van der Waals surface area contributed by atoms with E-state index in [-0.39, 0.29) is 17.8 Å². The highest BCUT2D eigenvalue weighted by atomic mass is 16.1. The van der Waals surface area contributed by atoms with Gasteiger partial charge in [-0.05, 0) is 18.6 Å². The number of ketones is 1. The molecule has 0 fully saturated rings. The number of aromatic nitrogens is 2. The van der Waals surface area contributed by atoms with Crippen LogP contribution in [-0.2, 0) is 11.3 Å². The van der Waals surface area contributed by atoms with Crippen LogP contribution in [0.15, 0.2) is 35.3 Å². The molecule has 88 valence electrons. The van der Waals surface area contributed by atoms with Gasteiger partial charge in [0.2, 0.25) is 5.43 Å². The van der Waals surface area contributed by atoms with Gasteiger partial charge in [0.25, 0.3) is 0 Å². The molecule has 4 nitrogen and oxygen atoms in total. The lowest BCUT2D eigenvalue weighted by Crippen LogP contribution is -2.17. The van der Waals surface area contributed by atoms with Crippen LogP contribution in [0.3, 0.4) is 0 Å². The largest absolute Gasteiger partial charge is 0.298 e. The molecule has 0 saturated heterocycles. The van der Waals surface area contributed by atoms with Crippen LogP contribution < -0.4 is 5.43 Å². The molecular weight excluding hydrogens is 216 g/mol. The second-order valence-corrected chi connectivity index (χ2v) is 3.97. The molecule has 1 aromatic heterocycles. The highest BCUT2D eigenvalue weighted by Gasteiger charge is 2.06. The van der Waals surface area contributed by atoms with E-state index in [0.717, 1.165) is 6.42 Å². The fourth-order valence-corrected chi connectivity index (χ4v) is 1.81. The smallest absolute Gasteiger partial charge is 0.207 e. The molecule has 1 aromatic carbocycles. The second kappa shape index (κ2) is 4.91. The Balaban J connectivity index is 2.45. The molecule has 0 saturated carbocycles. The average molecular weight is 230 g/mol. The molecule has 2 aromatic rings. The third kappa shape index (κ3) is 2.41. The molecule has 0 atom stereocenters. The maximum atomic E-state index is 11.6. The van der Waals surface area contributed by atoms with Crippen molar-refractivity contribution in [3.05, 3.63) is 40.7 Å². The van der Waals surface area contributed by atoms with Crippen LogP contribution in [0.25, 0.3) is 10.9 Å². The van der Waals surface area contributed by atoms with Crippen LogP contribution >= 0.6 is 0 Å². The van der Waals surface area contributed by atoms with Crippen molar-refractivity contribution in [2.24, 2.45) is 0 Å². The Labute approximate surface area is 98.9 Å². The van der Waals surface area contributed by atoms with Crippen molar-refractivity contribution in [1.82, 2.24) is 9.78 Å². The van der Waals surface area contributed by atoms with Crippen molar-refractivity contribution in [2.45, 2.75) is 26.3 Å². The van der Waals surface area contributed by atoms with E-state index in [1.54, 1.807) is 10.7 Å². The van der Waals surface area contributed by atoms with Gasteiger partial charge in [0.1, 0.15) is 6.54 Å². The zero-order chi connectivity index (χ0) is 12.3. The summed E-state index contributed by atoms with van der Waals surface area (Å²) in [4.78, 5) is 23.2. The monoisotopic (exact) mass is 230 g/mol. The standard InChI is InChI=1S/C13H14N2O2/c1-2-5-10(16)9-15-12-7-4-3-6-11(12)13(17)8-14-15/h3-4,6-8H,2,5,9H2,1H3. The van der Waals surface area contributed by atoms with E-state index in [1.807, 2.05) is 25.1 Å². The van der Waals surface area contributed by atoms with Gasteiger partial charge in [-0.15, -0.1) is 0 Å². The van der Waals surface area contributed by atoms with Crippen LogP contribution in [0.4, 0.5) is 0 Å². The molecule has 2 rings (SSSR count). The van der Waals surface area contributed by atoms with Crippen molar-refractivity contribution < 1.29 is 4.79 Å². The first-order valence-corrected chi connectivity index (χ1v) is 5.69. The lowest BCUT2D eigenvalue weighted by Gasteiger charge is -2.07. The van der Waals surface area contributed by atoms with E-state index in [1.165, 1.54) is 6.20 Å². The topological polar surface area (TPSA) is 52.0 Å². The number of carbonyl (C=O) groups excluding carboxylic acids is 1. The van der Waals surface area contributed by atoms with Crippen molar-refractivity contribution in [2.75, 3.05) is 0 Å². The molecule has 0 spiro atoms. The van der Waals surface area contributed by atoms with Crippen LogP contribution in [0.5, 0.6) is 0 Å². The van der Waals surface area contributed by atoms with Gasteiger partial charge >= 0.3 is 0 Å². The van der Waals surface area contributed by atoms with E-state index in [4.69, 9.17) is 0 Å². The Hall–Kier alpha value is -1.97. The fraction of sp³-hybridized carbons (Fsp3) is 0.308. The summed E-state index contributed by atoms with van der Waals surface area (Å²) in [5.41, 5.74) is 0.601. The summed E-state index contributed by atoms with van der Waals surface area (Å²) >= 11 is 0. The number of Topliss-reactive ketones (excluding diaryl/α,β-unsaturated/α-hetero) is 1. The molecule has 0 amide bonds. The first-order chi connectivity index (χ1) is 8.22. The summed E-state index contributed by atoms with van der Waals surface area (Å²) in [6, 6.07) is 7.20. The molecule has 0 radical (unpaired) electrons. The van der Waals surface area contributed by atoms with Crippen molar-refractivity contribution in [3.63, 3.8) is 0 Å². The van der Waals surface area contributed by atoms with E-state index < -0.39 is 0 Å². The second-order valence-electron chi connectivity index (χ2n) is 3.97. The predicted molar refractivity (Wildman–Crippen MR) is 65.9 cm³/mol. The van der Waals surface area contributed by atoms with Gasteiger partial charge in [-0.3, -0.25) is 14.3 Å². The van der Waals surface area contributed by atoms with Gasteiger partial charge in [-0.25, -0.2) is 0 Å².